The molecule has 0 radical (unpaired) electrons. The number of hydrogen-bond acceptors (Lipinski definition) is 2. The first-order valence-corrected chi connectivity index (χ1v) is 8.25. The molecule has 1 heterocycles. The van der Waals surface area contributed by atoms with E-state index >= 15 is 0 Å². The standard InChI is InChI=1S/C16H22BrNO/c17-14-7-8-16(19)13(10-14)11-18-9-3-5-12-4-1-2-6-15(12)18/h7-8,10,12,15,19H,1-6,9,11H2/t12-,15-/m1/s1. The summed E-state index contributed by atoms with van der Waals surface area (Å²) in [5.41, 5.74) is 1.06. The van der Waals surface area contributed by atoms with Gasteiger partial charge in [0, 0.05) is 22.6 Å². The highest BCUT2D eigenvalue weighted by molar-refractivity contribution is 9.10. The number of halogens is 1. The number of nitrogens with zero attached hydrogens (tertiary/aromatic N) is 1. The predicted octanol–water partition coefficient (Wildman–Crippen LogP) is 4.31. The number of hydrogen-bond donors (Lipinski definition) is 1. The van der Waals surface area contributed by atoms with Crippen molar-refractivity contribution < 1.29 is 5.11 Å². The molecule has 3 rings (SSSR count). The van der Waals surface area contributed by atoms with Gasteiger partial charge in [-0.1, -0.05) is 28.8 Å². The molecule has 0 unspecified atom stereocenters. The smallest absolute Gasteiger partial charge is 0.120 e. The number of aromatic hydroxyl groups is 1. The molecule has 3 heteroatoms. The van der Waals surface area contributed by atoms with Gasteiger partial charge in [0.15, 0.2) is 0 Å². The Bertz CT molecular complexity index is 446. The summed E-state index contributed by atoms with van der Waals surface area (Å²) in [6, 6.07) is 6.50. The minimum absolute atomic E-state index is 0.432. The molecule has 19 heavy (non-hydrogen) atoms. The van der Waals surface area contributed by atoms with Crippen LogP contribution in [-0.4, -0.2) is 22.6 Å². The minimum atomic E-state index is 0.432. The lowest BCUT2D eigenvalue weighted by Crippen LogP contribution is -2.46. The van der Waals surface area contributed by atoms with Gasteiger partial charge in [-0.05, 0) is 56.3 Å². The van der Waals surface area contributed by atoms with Crippen molar-refractivity contribution in [3.8, 4) is 5.75 Å². The van der Waals surface area contributed by atoms with E-state index in [-0.39, 0.29) is 0 Å². The van der Waals surface area contributed by atoms with Gasteiger partial charge >= 0.3 is 0 Å². The molecule has 104 valence electrons. The van der Waals surface area contributed by atoms with Crippen LogP contribution in [0.3, 0.4) is 0 Å². The van der Waals surface area contributed by atoms with Gasteiger partial charge in [0.05, 0.1) is 0 Å². The van der Waals surface area contributed by atoms with Crippen LogP contribution >= 0.6 is 15.9 Å². The first-order valence-electron chi connectivity index (χ1n) is 7.45. The predicted molar refractivity (Wildman–Crippen MR) is 81.2 cm³/mol. The van der Waals surface area contributed by atoms with Crippen LogP contribution in [0, 0.1) is 5.92 Å². The molecule has 0 spiro atoms. The van der Waals surface area contributed by atoms with E-state index in [9.17, 15) is 5.11 Å². The quantitative estimate of drug-likeness (QED) is 0.876. The Morgan fingerprint density at radius 2 is 1.95 bits per heavy atom. The van der Waals surface area contributed by atoms with Crippen LogP contribution in [0.5, 0.6) is 5.75 Å². The molecule has 1 saturated heterocycles. The fraction of sp³-hybridized carbons (Fsp3) is 0.625. The fourth-order valence-corrected chi connectivity index (χ4v) is 4.23. The van der Waals surface area contributed by atoms with Crippen molar-refractivity contribution in [2.24, 2.45) is 5.92 Å². The van der Waals surface area contributed by atoms with Crippen molar-refractivity contribution in [3.63, 3.8) is 0 Å². The molecular weight excluding hydrogens is 302 g/mol. The molecule has 0 bridgehead atoms. The second kappa shape index (κ2) is 5.84. The number of likely N-dealkylation sites (tertiary alicyclic amines) is 1. The van der Waals surface area contributed by atoms with Crippen LogP contribution in [0.4, 0.5) is 0 Å². The Morgan fingerprint density at radius 1 is 1.16 bits per heavy atom. The minimum Gasteiger partial charge on any atom is -0.508 e. The van der Waals surface area contributed by atoms with Gasteiger partial charge in [-0.25, -0.2) is 0 Å². The summed E-state index contributed by atoms with van der Waals surface area (Å²) in [4.78, 5) is 2.61. The molecule has 2 aliphatic rings. The Kier molecular flexibility index (Phi) is 4.13. The highest BCUT2D eigenvalue weighted by atomic mass is 79.9. The number of phenols is 1. The number of piperidine rings is 1. The van der Waals surface area contributed by atoms with Gasteiger partial charge < -0.3 is 5.11 Å². The zero-order valence-electron chi connectivity index (χ0n) is 11.3. The maximum Gasteiger partial charge on any atom is 0.120 e. The maximum atomic E-state index is 10.0. The topological polar surface area (TPSA) is 23.5 Å². The fourth-order valence-electron chi connectivity index (χ4n) is 3.82. The zero-order valence-corrected chi connectivity index (χ0v) is 12.9. The molecule has 0 amide bonds. The lowest BCUT2D eigenvalue weighted by atomic mass is 9.78. The van der Waals surface area contributed by atoms with E-state index in [1.807, 2.05) is 6.07 Å². The van der Waals surface area contributed by atoms with E-state index in [2.05, 4.69) is 26.9 Å². The molecular formula is C16H22BrNO. The van der Waals surface area contributed by atoms with Gasteiger partial charge in [-0.3, -0.25) is 4.90 Å². The van der Waals surface area contributed by atoms with Crippen LogP contribution < -0.4 is 0 Å². The lowest BCUT2D eigenvalue weighted by molar-refractivity contribution is 0.0541. The van der Waals surface area contributed by atoms with Gasteiger partial charge in [0.1, 0.15) is 5.75 Å². The number of phenolic OH excluding ortho intramolecular Hbond substituents is 1. The van der Waals surface area contributed by atoms with Crippen molar-refractivity contribution in [1.82, 2.24) is 4.90 Å². The Labute approximate surface area is 123 Å². The van der Waals surface area contributed by atoms with Gasteiger partial charge in [-0.2, -0.15) is 0 Å². The van der Waals surface area contributed by atoms with E-state index in [1.54, 1.807) is 6.07 Å². The zero-order chi connectivity index (χ0) is 13.2. The van der Waals surface area contributed by atoms with Crippen LogP contribution in [0.1, 0.15) is 44.1 Å². The van der Waals surface area contributed by atoms with E-state index in [4.69, 9.17) is 0 Å². The molecule has 1 aromatic rings. The summed E-state index contributed by atoms with van der Waals surface area (Å²) in [6.45, 7) is 2.08. The third-order valence-electron chi connectivity index (χ3n) is 4.77. The van der Waals surface area contributed by atoms with Crippen molar-refractivity contribution in [2.45, 2.75) is 51.1 Å². The summed E-state index contributed by atoms with van der Waals surface area (Å²) in [5, 5.41) is 10.0. The number of benzene rings is 1. The molecule has 1 aliphatic carbocycles. The van der Waals surface area contributed by atoms with Gasteiger partial charge in [0.25, 0.3) is 0 Å². The van der Waals surface area contributed by atoms with Crippen LogP contribution in [0.2, 0.25) is 0 Å². The number of fused-ring (bicyclic) bond motifs is 1. The first-order chi connectivity index (χ1) is 9.24. The number of rotatable bonds is 2. The monoisotopic (exact) mass is 323 g/mol. The van der Waals surface area contributed by atoms with Gasteiger partial charge in [0.2, 0.25) is 0 Å². The average molecular weight is 324 g/mol. The van der Waals surface area contributed by atoms with Crippen LogP contribution in [0.15, 0.2) is 22.7 Å². The Morgan fingerprint density at radius 3 is 2.84 bits per heavy atom. The maximum absolute atomic E-state index is 10.0. The Hall–Kier alpha value is -0.540. The second-order valence-electron chi connectivity index (χ2n) is 6.00. The van der Waals surface area contributed by atoms with E-state index in [1.165, 1.54) is 45.1 Å². The van der Waals surface area contributed by atoms with E-state index in [0.717, 1.165) is 28.5 Å². The van der Waals surface area contributed by atoms with Gasteiger partial charge in [-0.15, -0.1) is 0 Å². The summed E-state index contributed by atoms with van der Waals surface area (Å²) in [5.74, 6) is 1.33. The van der Waals surface area contributed by atoms with Crippen LogP contribution in [0.25, 0.3) is 0 Å². The molecule has 0 aromatic heterocycles. The highest BCUT2D eigenvalue weighted by Crippen LogP contribution is 2.36. The molecule has 2 fully saturated rings. The van der Waals surface area contributed by atoms with E-state index in [0.29, 0.717) is 5.75 Å². The normalized spacial score (nSPS) is 28.1. The summed E-state index contributed by atoms with van der Waals surface area (Å²) in [7, 11) is 0. The molecule has 2 nitrogen and oxygen atoms in total. The molecule has 1 aliphatic heterocycles. The van der Waals surface area contributed by atoms with Crippen molar-refractivity contribution in [2.75, 3.05) is 6.54 Å². The first kappa shape index (κ1) is 13.4. The second-order valence-corrected chi connectivity index (χ2v) is 6.91. The SMILES string of the molecule is Oc1ccc(Br)cc1CN1CCC[C@H]2CCCC[C@H]21. The summed E-state index contributed by atoms with van der Waals surface area (Å²) in [6.07, 6.45) is 8.27. The van der Waals surface area contributed by atoms with Crippen LogP contribution in [-0.2, 0) is 6.54 Å². The largest absolute Gasteiger partial charge is 0.508 e. The van der Waals surface area contributed by atoms with Crippen molar-refractivity contribution in [3.05, 3.63) is 28.2 Å². The highest BCUT2D eigenvalue weighted by Gasteiger charge is 2.33. The van der Waals surface area contributed by atoms with Crippen molar-refractivity contribution >= 4 is 15.9 Å². The summed E-state index contributed by atoms with van der Waals surface area (Å²) < 4.78 is 1.05. The van der Waals surface area contributed by atoms with Crippen molar-refractivity contribution in [1.29, 1.82) is 0 Å². The Balaban J connectivity index is 1.75. The van der Waals surface area contributed by atoms with E-state index < -0.39 is 0 Å². The third-order valence-corrected chi connectivity index (χ3v) is 5.27. The molecule has 2 atom stereocenters. The third kappa shape index (κ3) is 2.97. The summed E-state index contributed by atoms with van der Waals surface area (Å²) >= 11 is 3.50. The molecule has 1 saturated carbocycles. The molecule has 1 aromatic carbocycles. The lowest BCUT2D eigenvalue weighted by Gasteiger charge is -2.44. The molecule has 1 N–H and O–H groups in total. The average Bonchev–Trinajstić information content (AvgIpc) is 2.43.